The van der Waals surface area contributed by atoms with E-state index in [1.54, 1.807) is 17.1 Å². The second-order valence-corrected chi connectivity index (χ2v) is 7.41. The van der Waals surface area contributed by atoms with Crippen molar-refractivity contribution < 1.29 is 4.74 Å². The third-order valence-corrected chi connectivity index (χ3v) is 5.33. The Morgan fingerprint density at radius 2 is 2.00 bits per heavy atom. The normalized spacial score (nSPS) is 12.5. The van der Waals surface area contributed by atoms with Gasteiger partial charge >= 0.3 is 0 Å². The summed E-state index contributed by atoms with van der Waals surface area (Å²) in [5, 5.41) is 12.8. The van der Waals surface area contributed by atoms with Gasteiger partial charge in [-0.2, -0.15) is 10.2 Å². The van der Waals surface area contributed by atoms with E-state index in [1.807, 2.05) is 44.6 Å². The number of ether oxygens (including phenoxy) is 1. The molecule has 0 fully saturated rings. The predicted molar refractivity (Wildman–Crippen MR) is 116 cm³/mol. The maximum atomic E-state index is 6.35. The zero-order valence-electron chi connectivity index (χ0n) is 17.1. The van der Waals surface area contributed by atoms with E-state index in [-0.39, 0.29) is 6.10 Å². The highest BCUT2D eigenvalue weighted by atomic mass is 16.5. The highest BCUT2D eigenvalue weighted by Gasteiger charge is 2.16. The van der Waals surface area contributed by atoms with Gasteiger partial charge in [0.25, 0.3) is 0 Å². The number of hydrogen-bond acceptors (Lipinski definition) is 5. The molecule has 0 aliphatic rings. The molecule has 0 aliphatic heterocycles. The van der Waals surface area contributed by atoms with E-state index in [0.717, 1.165) is 50.9 Å². The molecule has 0 saturated heterocycles. The van der Waals surface area contributed by atoms with Crippen molar-refractivity contribution in [3.63, 3.8) is 0 Å². The molecule has 30 heavy (non-hydrogen) atoms. The van der Waals surface area contributed by atoms with Crippen LogP contribution < -0.4 is 4.74 Å². The molecule has 0 radical (unpaired) electrons. The van der Waals surface area contributed by atoms with Crippen LogP contribution in [0.25, 0.3) is 33.2 Å². The number of rotatable bonds is 5. The molecule has 3 heterocycles. The molecule has 0 amide bonds. The quantitative estimate of drug-likeness (QED) is 0.468. The molecule has 0 aliphatic carbocycles. The molecule has 7 heteroatoms. The van der Waals surface area contributed by atoms with Crippen LogP contribution in [0.1, 0.15) is 31.1 Å². The zero-order chi connectivity index (χ0) is 20.7. The van der Waals surface area contributed by atoms with Gasteiger partial charge in [0.2, 0.25) is 0 Å². The van der Waals surface area contributed by atoms with E-state index >= 15 is 0 Å². The number of aryl methyl sites for hydroxylation is 2. The Balaban J connectivity index is 1.52. The van der Waals surface area contributed by atoms with E-state index in [2.05, 4.69) is 44.3 Å². The summed E-state index contributed by atoms with van der Waals surface area (Å²) >= 11 is 0. The summed E-state index contributed by atoms with van der Waals surface area (Å²) in [5.74, 6) is 0.778. The van der Waals surface area contributed by atoms with Crippen molar-refractivity contribution in [2.75, 3.05) is 0 Å². The van der Waals surface area contributed by atoms with E-state index in [1.165, 1.54) is 5.56 Å². The molecule has 150 valence electrons. The fraction of sp³-hybridized carbons (Fsp3) is 0.217. The summed E-state index contributed by atoms with van der Waals surface area (Å²) in [4.78, 5) is 9.03. The van der Waals surface area contributed by atoms with E-state index in [9.17, 15) is 0 Å². The van der Waals surface area contributed by atoms with Crippen molar-refractivity contribution >= 4 is 21.9 Å². The first-order chi connectivity index (χ1) is 14.6. The smallest absolute Gasteiger partial charge is 0.123 e. The van der Waals surface area contributed by atoms with Gasteiger partial charge in [0.05, 0.1) is 22.7 Å². The standard InChI is InChI=1S/C23H22N6O/c1-4-15-9-18(23-21(10-15)24-7-8-25-23)14(2)30-17-5-6-20-19(11-17)22(28-27-20)16-12-26-29(3)13-16/h5-14H,4H2,1-3H3,(H,27,28). The van der Waals surface area contributed by atoms with Crippen LogP contribution in [0.15, 0.2) is 55.1 Å². The second kappa shape index (κ2) is 7.26. The van der Waals surface area contributed by atoms with Crippen LogP contribution in [0.4, 0.5) is 0 Å². The zero-order valence-corrected chi connectivity index (χ0v) is 17.1. The van der Waals surface area contributed by atoms with Crippen LogP contribution in [-0.4, -0.2) is 29.9 Å². The predicted octanol–water partition coefficient (Wildman–Crippen LogP) is 4.61. The van der Waals surface area contributed by atoms with Gasteiger partial charge in [-0.1, -0.05) is 6.92 Å². The Labute approximate surface area is 173 Å². The molecule has 5 rings (SSSR count). The monoisotopic (exact) mass is 398 g/mol. The Morgan fingerprint density at radius 3 is 2.80 bits per heavy atom. The van der Waals surface area contributed by atoms with Crippen LogP contribution in [-0.2, 0) is 13.5 Å². The average Bonchev–Trinajstić information content (AvgIpc) is 3.38. The first-order valence-corrected chi connectivity index (χ1v) is 9.99. The van der Waals surface area contributed by atoms with Crippen molar-refractivity contribution in [1.29, 1.82) is 0 Å². The lowest BCUT2D eigenvalue weighted by Gasteiger charge is -2.17. The lowest BCUT2D eigenvalue weighted by atomic mass is 10.0. The minimum atomic E-state index is -0.179. The Hall–Kier alpha value is -3.74. The van der Waals surface area contributed by atoms with Crippen LogP contribution >= 0.6 is 0 Å². The number of nitrogens with one attached hydrogen (secondary N) is 1. The number of nitrogens with zero attached hydrogens (tertiary/aromatic N) is 5. The van der Waals surface area contributed by atoms with Crippen LogP contribution in [0.3, 0.4) is 0 Å². The Bertz CT molecular complexity index is 1350. The lowest BCUT2D eigenvalue weighted by Crippen LogP contribution is -2.06. The summed E-state index contributed by atoms with van der Waals surface area (Å²) in [5.41, 5.74) is 6.81. The first kappa shape index (κ1) is 18.3. The van der Waals surface area contributed by atoms with Gasteiger partial charge in [-0.3, -0.25) is 19.7 Å². The molecule has 5 aromatic rings. The molecule has 0 bridgehead atoms. The van der Waals surface area contributed by atoms with Crippen molar-refractivity contribution in [3.8, 4) is 17.0 Å². The summed E-state index contributed by atoms with van der Waals surface area (Å²) < 4.78 is 8.12. The molecule has 0 spiro atoms. The topological polar surface area (TPSA) is 81.5 Å². The molecule has 1 unspecified atom stereocenters. The van der Waals surface area contributed by atoms with Gasteiger partial charge in [-0.05, 0) is 49.2 Å². The van der Waals surface area contributed by atoms with Gasteiger partial charge in [-0.25, -0.2) is 0 Å². The molecular formula is C23H22N6O. The minimum Gasteiger partial charge on any atom is -0.486 e. The van der Waals surface area contributed by atoms with Gasteiger partial charge in [0.15, 0.2) is 0 Å². The summed E-state index contributed by atoms with van der Waals surface area (Å²) in [7, 11) is 1.90. The first-order valence-electron chi connectivity index (χ1n) is 9.99. The van der Waals surface area contributed by atoms with E-state index < -0.39 is 0 Å². The van der Waals surface area contributed by atoms with Crippen molar-refractivity contribution in [2.24, 2.45) is 7.05 Å². The van der Waals surface area contributed by atoms with Crippen LogP contribution in [0, 0.1) is 0 Å². The van der Waals surface area contributed by atoms with Crippen LogP contribution in [0.5, 0.6) is 5.75 Å². The number of fused-ring (bicyclic) bond motifs is 2. The Morgan fingerprint density at radius 1 is 1.13 bits per heavy atom. The van der Waals surface area contributed by atoms with E-state index in [4.69, 9.17) is 4.74 Å². The molecule has 7 nitrogen and oxygen atoms in total. The van der Waals surface area contributed by atoms with Crippen molar-refractivity contribution in [3.05, 3.63) is 66.2 Å². The Kier molecular flexibility index (Phi) is 4.43. The number of hydrogen-bond donors (Lipinski definition) is 1. The highest BCUT2D eigenvalue weighted by Crippen LogP contribution is 2.32. The molecule has 1 atom stereocenters. The van der Waals surface area contributed by atoms with Gasteiger partial charge < -0.3 is 4.74 Å². The molecule has 1 N–H and O–H groups in total. The summed E-state index contributed by atoms with van der Waals surface area (Å²) in [6.07, 6.45) is 7.97. The van der Waals surface area contributed by atoms with Gasteiger partial charge in [0.1, 0.15) is 17.5 Å². The second-order valence-electron chi connectivity index (χ2n) is 7.41. The maximum absolute atomic E-state index is 6.35. The summed E-state index contributed by atoms with van der Waals surface area (Å²) in [6, 6.07) is 10.2. The van der Waals surface area contributed by atoms with Crippen LogP contribution in [0.2, 0.25) is 0 Å². The van der Waals surface area contributed by atoms with Gasteiger partial charge in [0, 0.05) is 42.2 Å². The van der Waals surface area contributed by atoms with Gasteiger partial charge in [-0.15, -0.1) is 0 Å². The SMILES string of the molecule is CCc1cc(C(C)Oc2ccc3[nH]nc(-c4cnn(C)c4)c3c2)c2nccnc2c1. The number of aromatic nitrogens is 6. The minimum absolute atomic E-state index is 0.179. The fourth-order valence-electron chi connectivity index (χ4n) is 3.77. The molecule has 3 aromatic heterocycles. The lowest BCUT2D eigenvalue weighted by molar-refractivity contribution is 0.228. The number of aromatic amines is 1. The highest BCUT2D eigenvalue weighted by molar-refractivity contribution is 5.93. The third kappa shape index (κ3) is 3.18. The number of benzene rings is 2. The van der Waals surface area contributed by atoms with Crippen molar-refractivity contribution in [2.45, 2.75) is 26.4 Å². The maximum Gasteiger partial charge on any atom is 0.123 e. The van der Waals surface area contributed by atoms with E-state index in [0.29, 0.717) is 0 Å². The third-order valence-electron chi connectivity index (χ3n) is 5.33. The average molecular weight is 398 g/mol. The molecule has 0 saturated carbocycles. The molecular weight excluding hydrogens is 376 g/mol. The molecule has 2 aromatic carbocycles. The largest absolute Gasteiger partial charge is 0.486 e. The summed E-state index contributed by atoms with van der Waals surface area (Å²) in [6.45, 7) is 4.18. The fourth-order valence-corrected chi connectivity index (χ4v) is 3.77. The number of H-pyrrole nitrogens is 1. The van der Waals surface area contributed by atoms with Crippen molar-refractivity contribution in [1.82, 2.24) is 29.9 Å².